The molecule has 2 rings (SSSR count). The van der Waals surface area contributed by atoms with E-state index < -0.39 is 0 Å². The first-order valence-corrected chi connectivity index (χ1v) is 7.31. The normalized spacial score (nSPS) is 13.7. The summed E-state index contributed by atoms with van der Waals surface area (Å²) in [5.41, 5.74) is 8.30. The third kappa shape index (κ3) is 3.01. The highest BCUT2D eigenvalue weighted by Gasteiger charge is 2.26. The van der Waals surface area contributed by atoms with E-state index in [9.17, 15) is 0 Å². The van der Waals surface area contributed by atoms with Crippen LogP contribution in [0.3, 0.4) is 0 Å². The summed E-state index contributed by atoms with van der Waals surface area (Å²) in [5, 5.41) is 8.57. The molecule has 0 bridgehead atoms. The van der Waals surface area contributed by atoms with Gasteiger partial charge in [-0.25, -0.2) is 0 Å². The summed E-state index contributed by atoms with van der Waals surface area (Å²) in [6, 6.07) is -0.195. The summed E-state index contributed by atoms with van der Waals surface area (Å²) in [4.78, 5) is 1.03. The highest BCUT2D eigenvalue weighted by atomic mass is 32.1. The smallest absolute Gasteiger partial charge is 0.0860 e. The lowest BCUT2D eigenvalue weighted by atomic mass is 9.89. The Morgan fingerprint density at radius 3 is 2.79 bits per heavy atom. The molecule has 0 saturated heterocycles. The van der Waals surface area contributed by atoms with Crippen LogP contribution in [0.2, 0.25) is 0 Å². The van der Waals surface area contributed by atoms with Crippen LogP contribution in [0.1, 0.15) is 56.3 Å². The Labute approximate surface area is 118 Å². The molecule has 2 aromatic heterocycles. The van der Waals surface area contributed by atoms with Gasteiger partial charge < -0.3 is 5.73 Å². The van der Waals surface area contributed by atoms with Gasteiger partial charge in [-0.1, -0.05) is 32.2 Å². The number of nitrogens with zero attached hydrogens (tertiary/aromatic N) is 4. The largest absolute Gasteiger partial charge is 0.319 e. The van der Waals surface area contributed by atoms with Gasteiger partial charge in [-0.3, -0.25) is 4.68 Å². The van der Waals surface area contributed by atoms with Crippen LogP contribution in [0.15, 0.2) is 12.4 Å². The molecule has 19 heavy (non-hydrogen) atoms. The Hall–Kier alpha value is -1.27. The lowest BCUT2D eigenvalue weighted by Crippen LogP contribution is -2.19. The Morgan fingerprint density at radius 1 is 1.42 bits per heavy atom. The molecule has 0 saturated carbocycles. The highest BCUT2D eigenvalue weighted by Crippen LogP contribution is 2.32. The summed E-state index contributed by atoms with van der Waals surface area (Å²) in [6.07, 6.45) is 4.92. The molecule has 0 radical (unpaired) electrons. The molecule has 6 heteroatoms. The predicted molar refractivity (Wildman–Crippen MR) is 77.2 cm³/mol. The second-order valence-electron chi connectivity index (χ2n) is 5.75. The van der Waals surface area contributed by atoms with E-state index in [1.54, 1.807) is 0 Å². The zero-order valence-corrected chi connectivity index (χ0v) is 12.7. The Bertz CT molecular complexity index is 537. The third-order valence-corrected chi connectivity index (χ3v) is 3.78. The molecule has 5 nitrogen and oxygen atoms in total. The molecule has 0 aliphatic rings. The van der Waals surface area contributed by atoms with Gasteiger partial charge >= 0.3 is 0 Å². The number of nitrogens with two attached hydrogens (primary N) is 1. The standard InChI is InChI=1S/C13H21N5S/c1-5-6-18-8-9(7-15-18)10(14)11-12(13(2,3)4)16-17-19-11/h7-8,10H,5-6,14H2,1-4H3. The quantitative estimate of drug-likeness (QED) is 0.933. The maximum absolute atomic E-state index is 6.34. The van der Waals surface area contributed by atoms with Crippen LogP contribution in [0.5, 0.6) is 0 Å². The first-order valence-electron chi connectivity index (χ1n) is 6.54. The van der Waals surface area contributed by atoms with Crippen molar-refractivity contribution in [3.8, 4) is 0 Å². The maximum atomic E-state index is 6.34. The van der Waals surface area contributed by atoms with Crippen molar-refractivity contribution in [3.05, 3.63) is 28.5 Å². The highest BCUT2D eigenvalue weighted by molar-refractivity contribution is 7.05. The average molecular weight is 279 g/mol. The van der Waals surface area contributed by atoms with Crippen molar-refractivity contribution in [2.45, 2.75) is 52.1 Å². The van der Waals surface area contributed by atoms with Crippen LogP contribution in [0.4, 0.5) is 0 Å². The lowest BCUT2D eigenvalue weighted by Gasteiger charge is -2.18. The molecule has 2 N–H and O–H groups in total. The van der Waals surface area contributed by atoms with Gasteiger partial charge in [0.05, 0.1) is 22.8 Å². The van der Waals surface area contributed by atoms with E-state index in [0.29, 0.717) is 0 Å². The van der Waals surface area contributed by atoms with E-state index in [0.717, 1.165) is 29.1 Å². The molecule has 2 heterocycles. The van der Waals surface area contributed by atoms with E-state index >= 15 is 0 Å². The van der Waals surface area contributed by atoms with Crippen LogP contribution >= 0.6 is 11.5 Å². The van der Waals surface area contributed by atoms with Gasteiger partial charge in [0.15, 0.2) is 0 Å². The molecular weight excluding hydrogens is 258 g/mol. The average Bonchev–Trinajstić information content (AvgIpc) is 2.95. The van der Waals surface area contributed by atoms with Gasteiger partial charge in [-0.15, -0.1) is 5.10 Å². The van der Waals surface area contributed by atoms with Gasteiger partial charge in [-0.2, -0.15) is 5.10 Å². The molecule has 1 unspecified atom stereocenters. The monoisotopic (exact) mass is 279 g/mol. The minimum Gasteiger partial charge on any atom is -0.319 e. The fourth-order valence-electron chi connectivity index (χ4n) is 1.96. The zero-order valence-electron chi connectivity index (χ0n) is 11.9. The van der Waals surface area contributed by atoms with E-state index in [1.165, 1.54) is 11.5 Å². The van der Waals surface area contributed by atoms with E-state index in [2.05, 4.69) is 42.4 Å². The fourth-order valence-corrected chi connectivity index (χ4v) is 2.86. The van der Waals surface area contributed by atoms with Gasteiger partial charge in [-0.05, 0) is 18.0 Å². The van der Waals surface area contributed by atoms with Gasteiger partial charge in [0, 0.05) is 23.7 Å². The number of aromatic nitrogens is 4. The molecule has 0 aliphatic heterocycles. The van der Waals surface area contributed by atoms with E-state index in [-0.39, 0.29) is 11.5 Å². The Balaban J connectivity index is 2.28. The summed E-state index contributed by atoms with van der Waals surface area (Å²) in [7, 11) is 0. The summed E-state index contributed by atoms with van der Waals surface area (Å²) >= 11 is 1.38. The lowest BCUT2D eigenvalue weighted by molar-refractivity contribution is 0.556. The van der Waals surface area contributed by atoms with E-state index in [4.69, 9.17) is 5.73 Å². The Kier molecular flexibility index (Phi) is 4.01. The molecule has 0 amide bonds. The zero-order chi connectivity index (χ0) is 14.0. The van der Waals surface area contributed by atoms with Crippen LogP contribution < -0.4 is 5.73 Å². The SMILES string of the molecule is CCCn1cc(C(N)c2snnc2C(C)(C)C)cn1. The van der Waals surface area contributed by atoms with Crippen molar-refractivity contribution < 1.29 is 0 Å². The van der Waals surface area contributed by atoms with Crippen molar-refractivity contribution in [1.29, 1.82) is 0 Å². The molecule has 1 atom stereocenters. The summed E-state index contributed by atoms with van der Waals surface area (Å²) < 4.78 is 5.99. The molecule has 104 valence electrons. The molecular formula is C13H21N5S. The predicted octanol–water partition coefficient (Wildman–Crippen LogP) is 2.49. The van der Waals surface area contributed by atoms with Crippen LogP contribution in [-0.4, -0.2) is 19.4 Å². The first kappa shape index (κ1) is 14.1. The molecule has 0 aromatic carbocycles. The molecule has 0 aliphatic carbocycles. The van der Waals surface area contributed by atoms with Gasteiger partial charge in [0.2, 0.25) is 0 Å². The summed E-state index contributed by atoms with van der Waals surface area (Å²) in [6.45, 7) is 9.42. The van der Waals surface area contributed by atoms with E-state index in [1.807, 2.05) is 17.1 Å². The molecule has 2 aromatic rings. The topological polar surface area (TPSA) is 69.6 Å². The molecule has 0 fully saturated rings. The first-order chi connectivity index (χ1) is 8.93. The van der Waals surface area contributed by atoms with Gasteiger partial charge in [0.1, 0.15) is 0 Å². The van der Waals surface area contributed by atoms with Crippen molar-refractivity contribution in [2.75, 3.05) is 0 Å². The second kappa shape index (κ2) is 5.38. The molecule has 0 spiro atoms. The van der Waals surface area contributed by atoms with Crippen molar-refractivity contribution in [3.63, 3.8) is 0 Å². The maximum Gasteiger partial charge on any atom is 0.0860 e. The number of rotatable bonds is 4. The van der Waals surface area contributed by atoms with Crippen LogP contribution in [0.25, 0.3) is 0 Å². The third-order valence-electron chi connectivity index (χ3n) is 2.97. The summed E-state index contributed by atoms with van der Waals surface area (Å²) in [5.74, 6) is 0. The van der Waals surface area contributed by atoms with Crippen molar-refractivity contribution >= 4 is 11.5 Å². The van der Waals surface area contributed by atoms with Gasteiger partial charge in [0.25, 0.3) is 0 Å². The fraction of sp³-hybridized carbons (Fsp3) is 0.615. The van der Waals surface area contributed by atoms with Crippen molar-refractivity contribution in [1.82, 2.24) is 19.4 Å². The number of aryl methyl sites for hydroxylation is 1. The number of hydrogen-bond acceptors (Lipinski definition) is 5. The Morgan fingerprint density at radius 2 is 2.16 bits per heavy atom. The number of hydrogen-bond donors (Lipinski definition) is 1. The minimum absolute atomic E-state index is 0.0423. The van der Waals surface area contributed by atoms with Crippen LogP contribution in [-0.2, 0) is 12.0 Å². The van der Waals surface area contributed by atoms with Crippen LogP contribution in [0, 0.1) is 0 Å². The minimum atomic E-state index is -0.195. The van der Waals surface area contributed by atoms with Crippen molar-refractivity contribution in [2.24, 2.45) is 5.73 Å². The second-order valence-corrected chi connectivity index (χ2v) is 6.54.